The summed E-state index contributed by atoms with van der Waals surface area (Å²) in [5.41, 5.74) is 0. The van der Waals surface area contributed by atoms with E-state index in [1.807, 2.05) is 6.26 Å². The van der Waals surface area contributed by atoms with Gasteiger partial charge in [-0.15, -0.1) is 0 Å². The number of hydrogen-bond donors (Lipinski definition) is 0. The summed E-state index contributed by atoms with van der Waals surface area (Å²) in [4.78, 5) is 10.7. The number of rotatable bonds is 5. The molecule has 0 saturated carbocycles. The number of likely N-dealkylation sites (tertiary alicyclic amines) is 1. The third-order valence-corrected chi connectivity index (χ3v) is 3.43. The lowest BCUT2D eigenvalue weighted by molar-refractivity contribution is 0.230. The molecule has 1 aromatic rings. The van der Waals surface area contributed by atoms with E-state index in [4.69, 9.17) is 16.3 Å². The van der Waals surface area contributed by atoms with Gasteiger partial charge in [-0.05, 0) is 32.2 Å². The van der Waals surface area contributed by atoms with E-state index in [1.165, 1.54) is 37.7 Å². The summed E-state index contributed by atoms with van der Waals surface area (Å²) in [6.07, 6.45) is 4.52. The summed E-state index contributed by atoms with van der Waals surface area (Å²) in [6, 6.07) is 1.66. The van der Waals surface area contributed by atoms with Crippen LogP contribution in [-0.4, -0.2) is 47.4 Å². The molecule has 0 spiro atoms. The number of ether oxygens (including phenoxy) is 1. The summed E-state index contributed by atoms with van der Waals surface area (Å²) in [6.45, 7) is 3.98. The van der Waals surface area contributed by atoms with Crippen LogP contribution >= 0.6 is 23.4 Å². The van der Waals surface area contributed by atoms with E-state index < -0.39 is 0 Å². The molecule has 94 valence electrons. The molecule has 1 aliphatic heterocycles. The molecule has 1 aromatic heterocycles. The molecule has 0 radical (unpaired) electrons. The van der Waals surface area contributed by atoms with Crippen LogP contribution in [0.2, 0.25) is 5.15 Å². The first-order chi connectivity index (χ1) is 8.28. The van der Waals surface area contributed by atoms with Gasteiger partial charge < -0.3 is 4.74 Å². The van der Waals surface area contributed by atoms with Crippen LogP contribution in [0.25, 0.3) is 0 Å². The first kappa shape index (κ1) is 12.9. The van der Waals surface area contributed by atoms with Crippen LogP contribution in [-0.2, 0) is 0 Å². The highest BCUT2D eigenvalue weighted by molar-refractivity contribution is 7.98. The zero-order chi connectivity index (χ0) is 12.1. The van der Waals surface area contributed by atoms with Crippen LogP contribution in [0.3, 0.4) is 0 Å². The molecule has 0 aromatic carbocycles. The third-order valence-electron chi connectivity index (χ3n) is 2.69. The second kappa shape index (κ2) is 6.42. The molecule has 2 heterocycles. The van der Waals surface area contributed by atoms with E-state index in [9.17, 15) is 0 Å². The summed E-state index contributed by atoms with van der Waals surface area (Å²) in [5.74, 6) is 0.563. The Hall–Kier alpha value is -0.520. The van der Waals surface area contributed by atoms with Gasteiger partial charge in [0.25, 0.3) is 0 Å². The van der Waals surface area contributed by atoms with Crippen LogP contribution in [0.5, 0.6) is 5.88 Å². The lowest BCUT2D eigenvalue weighted by Gasteiger charge is -2.14. The van der Waals surface area contributed by atoms with Gasteiger partial charge in [-0.1, -0.05) is 23.4 Å². The largest absolute Gasteiger partial charge is 0.476 e. The molecule has 17 heavy (non-hydrogen) atoms. The van der Waals surface area contributed by atoms with Crippen molar-refractivity contribution >= 4 is 23.4 Å². The maximum atomic E-state index is 5.88. The van der Waals surface area contributed by atoms with Gasteiger partial charge in [-0.3, -0.25) is 4.90 Å². The minimum absolute atomic E-state index is 0.431. The van der Waals surface area contributed by atoms with Gasteiger partial charge in [-0.2, -0.15) is 4.98 Å². The fraction of sp³-hybridized carbons (Fsp3) is 0.636. The molecule has 1 saturated heterocycles. The Morgan fingerprint density at radius 1 is 1.41 bits per heavy atom. The Labute approximate surface area is 111 Å². The maximum Gasteiger partial charge on any atom is 0.218 e. The van der Waals surface area contributed by atoms with E-state index in [0.29, 0.717) is 22.8 Å². The molecule has 0 atom stereocenters. The van der Waals surface area contributed by atoms with Crippen molar-refractivity contribution in [2.45, 2.75) is 18.0 Å². The minimum Gasteiger partial charge on any atom is -0.476 e. The van der Waals surface area contributed by atoms with Gasteiger partial charge in [0.1, 0.15) is 11.8 Å². The highest BCUT2D eigenvalue weighted by Crippen LogP contribution is 2.18. The number of nitrogens with zero attached hydrogens (tertiary/aromatic N) is 3. The van der Waals surface area contributed by atoms with Crippen molar-refractivity contribution in [3.05, 3.63) is 11.2 Å². The zero-order valence-corrected chi connectivity index (χ0v) is 11.4. The van der Waals surface area contributed by atoms with Crippen LogP contribution in [0, 0.1) is 0 Å². The fourth-order valence-electron chi connectivity index (χ4n) is 1.83. The molecule has 6 heteroatoms. The first-order valence-corrected chi connectivity index (χ1v) is 7.32. The van der Waals surface area contributed by atoms with Gasteiger partial charge >= 0.3 is 0 Å². The van der Waals surface area contributed by atoms with E-state index in [-0.39, 0.29) is 0 Å². The molecular weight excluding hydrogens is 258 g/mol. The maximum absolute atomic E-state index is 5.88. The number of hydrogen-bond acceptors (Lipinski definition) is 5. The van der Waals surface area contributed by atoms with Crippen molar-refractivity contribution in [1.82, 2.24) is 14.9 Å². The van der Waals surface area contributed by atoms with Crippen molar-refractivity contribution in [3.8, 4) is 5.88 Å². The quantitative estimate of drug-likeness (QED) is 0.468. The van der Waals surface area contributed by atoms with Gasteiger partial charge in [-0.25, -0.2) is 4.98 Å². The van der Waals surface area contributed by atoms with Crippen molar-refractivity contribution < 1.29 is 4.74 Å². The predicted molar refractivity (Wildman–Crippen MR) is 70.0 cm³/mol. The van der Waals surface area contributed by atoms with Crippen LogP contribution < -0.4 is 4.74 Å². The van der Waals surface area contributed by atoms with E-state index in [1.54, 1.807) is 6.07 Å². The van der Waals surface area contributed by atoms with Crippen LogP contribution in [0.15, 0.2) is 11.2 Å². The normalized spacial score (nSPS) is 16.4. The predicted octanol–water partition coefficient (Wildman–Crippen LogP) is 2.33. The molecule has 0 bridgehead atoms. The third kappa shape index (κ3) is 4.01. The smallest absolute Gasteiger partial charge is 0.218 e. The Morgan fingerprint density at radius 3 is 2.88 bits per heavy atom. The van der Waals surface area contributed by atoms with Crippen LogP contribution in [0.4, 0.5) is 0 Å². The lowest BCUT2D eigenvalue weighted by Crippen LogP contribution is -2.25. The Morgan fingerprint density at radius 2 is 2.18 bits per heavy atom. The molecule has 0 unspecified atom stereocenters. The average Bonchev–Trinajstić information content (AvgIpc) is 2.81. The first-order valence-electron chi connectivity index (χ1n) is 5.71. The van der Waals surface area contributed by atoms with Crippen molar-refractivity contribution in [2.24, 2.45) is 0 Å². The second-order valence-corrected chi connectivity index (χ2v) is 5.07. The fourth-order valence-corrected chi connectivity index (χ4v) is 2.42. The molecule has 2 rings (SSSR count). The molecule has 0 N–H and O–H groups in total. The monoisotopic (exact) mass is 273 g/mol. The molecule has 0 amide bonds. The molecular formula is C11H16ClN3OS. The van der Waals surface area contributed by atoms with Gasteiger partial charge in [0.05, 0.1) is 0 Å². The second-order valence-electron chi connectivity index (χ2n) is 3.91. The van der Waals surface area contributed by atoms with E-state index >= 15 is 0 Å². The number of halogens is 1. The Balaban J connectivity index is 1.83. The molecule has 0 aliphatic carbocycles. The topological polar surface area (TPSA) is 38.2 Å². The summed E-state index contributed by atoms with van der Waals surface area (Å²) in [5, 5.41) is 1.08. The summed E-state index contributed by atoms with van der Waals surface area (Å²) >= 11 is 7.34. The Kier molecular flexibility index (Phi) is 4.88. The average molecular weight is 274 g/mol. The molecule has 1 aliphatic rings. The van der Waals surface area contributed by atoms with Gasteiger partial charge in [0, 0.05) is 12.6 Å². The number of aromatic nitrogens is 2. The Bertz CT molecular complexity index is 372. The minimum atomic E-state index is 0.431. The highest BCUT2D eigenvalue weighted by atomic mass is 35.5. The zero-order valence-electron chi connectivity index (χ0n) is 9.86. The van der Waals surface area contributed by atoms with Crippen molar-refractivity contribution in [1.29, 1.82) is 0 Å². The number of thioether (sulfide) groups is 1. The van der Waals surface area contributed by atoms with E-state index in [0.717, 1.165) is 6.54 Å². The van der Waals surface area contributed by atoms with Gasteiger partial charge in [0.2, 0.25) is 5.88 Å². The van der Waals surface area contributed by atoms with Crippen LogP contribution in [0.1, 0.15) is 12.8 Å². The van der Waals surface area contributed by atoms with Gasteiger partial charge in [0.15, 0.2) is 5.16 Å². The SMILES string of the molecule is CSc1nc(Cl)cc(OCCN2CCCC2)n1. The highest BCUT2D eigenvalue weighted by Gasteiger charge is 2.11. The summed E-state index contributed by atoms with van der Waals surface area (Å²) in [7, 11) is 0. The van der Waals surface area contributed by atoms with E-state index in [2.05, 4.69) is 14.9 Å². The molecule has 4 nitrogen and oxygen atoms in total. The van der Waals surface area contributed by atoms with Crippen molar-refractivity contribution in [2.75, 3.05) is 32.5 Å². The summed E-state index contributed by atoms with van der Waals surface area (Å²) < 4.78 is 5.60. The van der Waals surface area contributed by atoms with Crippen molar-refractivity contribution in [3.63, 3.8) is 0 Å². The lowest BCUT2D eigenvalue weighted by atomic mass is 10.4. The molecule has 1 fully saturated rings. The standard InChI is InChI=1S/C11H16ClN3OS/c1-17-11-13-9(12)8-10(14-11)16-7-6-15-4-2-3-5-15/h8H,2-7H2,1H3.